The molecule has 94 valence electrons. The van der Waals surface area contributed by atoms with Gasteiger partial charge in [0.05, 0.1) is 18.8 Å². The normalized spacial score (nSPS) is 11.9. The number of aliphatic hydroxyl groups is 1. The summed E-state index contributed by atoms with van der Waals surface area (Å²) in [5.41, 5.74) is 0.805. The molecule has 1 heterocycles. The van der Waals surface area contributed by atoms with Crippen molar-refractivity contribution in [2.24, 2.45) is 7.05 Å². The van der Waals surface area contributed by atoms with E-state index in [9.17, 15) is 9.59 Å². The Morgan fingerprint density at radius 2 is 2.24 bits per heavy atom. The summed E-state index contributed by atoms with van der Waals surface area (Å²) in [7, 11) is 1.74. The maximum Gasteiger partial charge on any atom is 0.334 e. The molecule has 0 aromatic carbocycles. The molecule has 0 radical (unpaired) electrons. The van der Waals surface area contributed by atoms with Gasteiger partial charge in [0, 0.05) is 13.2 Å². The Morgan fingerprint density at radius 1 is 1.53 bits per heavy atom. The number of nitrogens with one attached hydrogen (secondary N) is 2. The van der Waals surface area contributed by atoms with Crippen molar-refractivity contribution >= 4 is 12.0 Å². The number of rotatable bonds is 5. The zero-order valence-corrected chi connectivity index (χ0v) is 9.25. The highest BCUT2D eigenvalue weighted by Crippen LogP contribution is 1.94. The van der Waals surface area contributed by atoms with Crippen LogP contribution in [0.2, 0.25) is 0 Å². The third-order valence-corrected chi connectivity index (χ3v) is 2.09. The smallest absolute Gasteiger partial charge is 0.334 e. The summed E-state index contributed by atoms with van der Waals surface area (Å²) in [6.07, 6.45) is 0.000717. The van der Waals surface area contributed by atoms with Gasteiger partial charge in [0.1, 0.15) is 0 Å². The third-order valence-electron chi connectivity index (χ3n) is 2.09. The van der Waals surface area contributed by atoms with Gasteiger partial charge >= 0.3 is 12.0 Å². The number of aliphatic hydroxyl groups excluding tert-OH is 1. The van der Waals surface area contributed by atoms with Gasteiger partial charge in [0.15, 0.2) is 6.10 Å². The number of aliphatic carboxylic acids is 1. The molecule has 8 heteroatoms. The molecule has 8 nitrogen and oxygen atoms in total. The summed E-state index contributed by atoms with van der Waals surface area (Å²) in [6.45, 7) is -0.0714. The Labute approximate surface area is 97.2 Å². The molecule has 0 spiro atoms. The standard InChI is InChI=1S/C9H14N4O4/c1-13-6(2-3-12-13)4-10-9(17)11-5-7(14)8(15)16/h2-3,7,14H,4-5H2,1H3,(H,15,16)(H2,10,11,17). The molecule has 1 unspecified atom stereocenters. The minimum absolute atomic E-state index is 0.269. The zero-order valence-electron chi connectivity index (χ0n) is 9.25. The maximum atomic E-state index is 11.2. The predicted molar refractivity (Wildman–Crippen MR) is 57.1 cm³/mol. The monoisotopic (exact) mass is 242 g/mol. The van der Waals surface area contributed by atoms with Gasteiger partial charge in [-0.05, 0) is 6.07 Å². The summed E-state index contributed by atoms with van der Waals surface area (Å²) in [5, 5.41) is 26.0. The zero-order chi connectivity index (χ0) is 12.8. The highest BCUT2D eigenvalue weighted by molar-refractivity contribution is 5.76. The van der Waals surface area contributed by atoms with E-state index < -0.39 is 18.1 Å². The minimum Gasteiger partial charge on any atom is -0.479 e. The van der Waals surface area contributed by atoms with Crippen LogP contribution >= 0.6 is 0 Å². The Balaban J connectivity index is 2.27. The molecule has 1 rings (SSSR count). The van der Waals surface area contributed by atoms with Crippen LogP contribution in [0.4, 0.5) is 4.79 Å². The Bertz CT molecular complexity index is 403. The van der Waals surface area contributed by atoms with Crippen molar-refractivity contribution in [3.63, 3.8) is 0 Å². The van der Waals surface area contributed by atoms with Gasteiger partial charge < -0.3 is 20.8 Å². The van der Waals surface area contributed by atoms with Crippen LogP contribution in [0.15, 0.2) is 12.3 Å². The molecule has 0 saturated carbocycles. The van der Waals surface area contributed by atoms with Crippen LogP contribution in [-0.4, -0.2) is 44.6 Å². The van der Waals surface area contributed by atoms with Gasteiger partial charge in [0.2, 0.25) is 0 Å². The van der Waals surface area contributed by atoms with E-state index in [4.69, 9.17) is 10.2 Å². The van der Waals surface area contributed by atoms with Crippen molar-refractivity contribution in [2.45, 2.75) is 12.6 Å². The number of carboxylic acids is 1. The lowest BCUT2D eigenvalue weighted by Crippen LogP contribution is -2.41. The van der Waals surface area contributed by atoms with Crippen LogP contribution in [0.3, 0.4) is 0 Å². The molecule has 0 aliphatic heterocycles. The van der Waals surface area contributed by atoms with Crippen molar-refractivity contribution in [3.8, 4) is 0 Å². The van der Waals surface area contributed by atoms with Gasteiger partial charge in [-0.1, -0.05) is 0 Å². The molecule has 0 fully saturated rings. The molecule has 0 aliphatic rings. The highest BCUT2D eigenvalue weighted by atomic mass is 16.4. The first kappa shape index (κ1) is 13.0. The summed E-state index contributed by atoms with van der Waals surface area (Å²) in [5.74, 6) is -1.38. The van der Waals surface area contributed by atoms with Crippen LogP contribution < -0.4 is 10.6 Å². The lowest BCUT2D eigenvalue weighted by atomic mass is 10.3. The first-order valence-corrected chi connectivity index (χ1v) is 4.90. The second-order valence-electron chi connectivity index (χ2n) is 3.36. The van der Waals surface area contributed by atoms with Gasteiger partial charge in [-0.25, -0.2) is 9.59 Å². The highest BCUT2D eigenvalue weighted by Gasteiger charge is 2.13. The fourth-order valence-electron chi connectivity index (χ4n) is 1.08. The molecule has 0 aliphatic carbocycles. The van der Waals surface area contributed by atoms with Crippen molar-refractivity contribution < 1.29 is 19.8 Å². The Hall–Kier alpha value is -2.09. The van der Waals surface area contributed by atoms with E-state index in [-0.39, 0.29) is 13.1 Å². The van der Waals surface area contributed by atoms with E-state index in [1.807, 2.05) is 0 Å². The van der Waals surface area contributed by atoms with E-state index in [2.05, 4.69) is 15.7 Å². The number of urea groups is 1. The molecular weight excluding hydrogens is 228 g/mol. The van der Waals surface area contributed by atoms with E-state index in [0.29, 0.717) is 0 Å². The summed E-state index contributed by atoms with van der Waals surface area (Å²) in [4.78, 5) is 21.5. The second-order valence-corrected chi connectivity index (χ2v) is 3.36. The van der Waals surface area contributed by atoms with Gasteiger partial charge in [-0.15, -0.1) is 0 Å². The number of aryl methyl sites for hydroxylation is 1. The lowest BCUT2D eigenvalue weighted by molar-refractivity contribution is -0.146. The summed E-state index contributed by atoms with van der Waals surface area (Å²) < 4.78 is 1.60. The number of hydrogen-bond donors (Lipinski definition) is 4. The van der Waals surface area contributed by atoms with Crippen molar-refractivity contribution in [2.75, 3.05) is 6.54 Å². The molecule has 0 saturated heterocycles. The van der Waals surface area contributed by atoms with E-state index in [0.717, 1.165) is 5.69 Å². The minimum atomic E-state index is -1.60. The summed E-state index contributed by atoms with van der Waals surface area (Å²) in [6, 6.07) is 1.19. The van der Waals surface area contributed by atoms with Crippen LogP contribution in [-0.2, 0) is 18.4 Å². The van der Waals surface area contributed by atoms with Gasteiger partial charge in [0.25, 0.3) is 0 Å². The number of carbonyl (C=O) groups is 2. The number of nitrogens with zero attached hydrogens (tertiary/aromatic N) is 2. The van der Waals surface area contributed by atoms with E-state index in [1.165, 1.54) is 0 Å². The second kappa shape index (κ2) is 5.85. The first-order chi connectivity index (χ1) is 8.00. The molecular formula is C9H14N4O4. The number of carbonyl (C=O) groups excluding carboxylic acids is 1. The third kappa shape index (κ3) is 4.11. The predicted octanol–water partition coefficient (Wildman–Crippen LogP) is -1.34. The van der Waals surface area contributed by atoms with Gasteiger partial charge in [-0.2, -0.15) is 5.10 Å². The lowest BCUT2D eigenvalue weighted by Gasteiger charge is -2.09. The fraction of sp³-hybridized carbons (Fsp3) is 0.444. The number of amides is 2. The van der Waals surface area contributed by atoms with Crippen molar-refractivity contribution in [1.29, 1.82) is 0 Å². The largest absolute Gasteiger partial charge is 0.479 e. The Morgan fingerprint density at radius 3 is 2.76 bits per heavy atom. The number of aromatic nitrogens is 2. The number of carboxylic acid groups (broad SMARTS) is 1. The molecule has 1 atom stereocenters. The molecule has 4 N–H and O–H groups in total. The van der Waals surface area contributed by atoms with Crippen LogP contribution in [0.25, 0.3) is 0 Å². The van der Waals surface area contributed by atoms with Gasteiger partial charge in [-0.3, -0.25) is 4.68 Å². The average Bonchev–Trinajstić information content (AvgIpc) is 2.68. The topological polar surface area (TPSA) is 116 Å². The van der Waals surface area contributed by atoms with Crippen LogP contribution in [0.1, 0.15) is 5.69 Å². The average molecular weight is 242 g/mol. The van der Waals surface area contributed by atoms with Crippen molar-refractivity contribution in [1.82, 2.24) is 20.4 Å². The van der Waals surface area contributed by atoms with E-state index >= 15 is 0 Å². The molecule has 1 aromatic heterocycles. The quantitative estimate of drug-likeness (QED) is 0.510. The Kier molecular flexibility index (Phi) is 4.46. The molecule has 17 heavy (non-hydrogen) atoms. The fourth-order valence-corrected chi connectivity index (χ4v) is 1.08. The van der Waals surface area contributed by atoms with Crippen LogP contribution in [0.5, 0.6) is 0 Å². The molecule has 1 aromatic rings. The van der Waals surface area contributed by atoms with E-state index in [1.54, 1.807) is 24.0 Å². The van der Waals surface area contributed by atoms with Crippen molar-refractivity contribution in [3.05, 3.63) is 18.0 Å². The summed E-state index contributed by atoms with van der Waals surface area (Å²) >= 11 is 0. The molecule has 2 amide bonds. The number of hydrogen-bond acceptors (Lipinski definition) is 4. The van der Waals surface area contributed by atoms with Crippen LogP contribution in [0, 0.1) is 0 Å². The molecule has 0 bridgehead atoms. The maximum absolute atomic E-state index is 11.2. The first-order valence-electron chi connectivity index (χ1n) is 4.90. The SMILES string of the molecule is Cn1nccc1CNC(=O)NCC(O)C(=O)O.